The molecule has 0 saturated heterocycles. The third kappa shape index (κ3) is 2.55. The molecule has 1 aromatic heterocycles. The monoisotopic (exact) mass is 212 g/mol. The van der Waals surface area contributed by atoms with Crippen molar-refractivity contribution in [2.45, 2.75) is 46.0 Å². The van der Waals surface area contributed by atoms with Gasteiger partial charge >= 0.3 is 0 Å². The van der Waals surface area contributed by atoms with Crippen molar-refractivity contribution in [1.29, 1.82) is 0 Å². The Labute approximate surface area is 90.6 Å². The number of hydrogen-bond donors (Lipinski definition) is 1. The standard InChI is InChI=1S/C11H20N2S/c1-7(2)10-11(8(3)4)14-9(13-10)5-6-12/h7-8H,5-6,12H2,1-4H3. The number of aromatic nitrogens is 1. The van der Waals surface area contributed by atoms with E-state index >= 15 is 0 Å². The molecule has 0 unspecified atom stereocenters. The summed E-state index contributed by atoms with van der Waals surface area (Å²) in [4.78, 5) is 6.09. The lowest BCUT2D eigenvalue weighted by atomic mass is 10.0. The maximum atomic E-state index is 5.54. The van der Waals surface area contributed by atoms with Crippen molar-refractivity contribution in [3.05, 3.63) is 15.6 Å². The van der Waals surface area contributed by atoms with E-state index in [9.17, 15) is 0 Å². The van der Waals surface area contributed by atoms with Crippen LogP contribution < -0.4 is 5.73 Å². The first-order valence-corrected chi connectivity index (χ1v) is 6.07. The van der Waals surface area contributed by atoms with Gasteiger partial charge in [-0.1, -0.05) is 27.7 Å². The van der Waals surface area contributed by atoms with Gasteiger partial charge in [-0.25, -0.2) is 4.98 Å². The highest BCUT2D eigenvalue weighted by Gasteiger charge is 2.15. The SMILES string of the molecule is CC(C)c1nc(CCN)sc1C(C)C. The van der Waals surface area contributed by atoms with E-state index < -0.39 is 0 Å². The number of nitrogens with two attached hydrogens (primary N) is 1. The summed E-state index contributed by atoms with van der Waals surface area (Å²) in [6, 6.07) is 0. The van der Waals surface area contributed by atoms with Crippen LogP contribution in [0.4, 0.5) is 0 Å². The Morgan fingerprint density at radius 1 is 1.21 bits per heavy atom. The summed E-state index contributed by atoms with van der Waals surface area (Å²) in [5.74, 6) is 1.10. The first-order chi connectivity index (χ1) is 6.56. The molecule has 0 aliphatic carbocycles. The van der Waals surface area contributed by atoms with Gasteiger partial charge in [-0.05, 0) is 18.4 Å². The zero-order chi connectivity index (χ0) is 10.7. The van der Waals surface area contributed by atoms with E-state index in [2.05, 4.69) is 32.7 Å². The Morgan fingerprint density at radius 2 is 1.86 bits per heavy atom. The largest absolute Gasteiger partial charge is 0.330 e. The van der Waals surface area contributed by atoms with Crippen LogP contribution in [0.2, 0.25) is 0 Å². The van der Waals surface area contributed by atoms with Gasteiger partial charge in [0.1, 0.15) is 0 Å². The van der Waals surface area contributed by atoms with Gasteiger partial charge < -0.3 is 5.73 Å². The second-order valence-electron chi connectivity index (χ2n) is 4.21. The van der Waals surface area contributed by atoms with E-state index in [-0.39, 0.29) is 0 Å². The molecule has 1 aromatic rings. The van der Waals surface area contributed by atoms with E-state index in [1.54, 1.807) is 0 Å². The molecule has 1 heterocycles. The predicted octanol–water partition coefficient (Wildman–Crippen LogP) is 2.89. The van der Waals surface area contributed by atoms with Gasteiger partial charge in [0, 0.05) is 11.3 Å². The molecular weight excluding hydrogens is 192 g/mol. The Morgan fingerprint density at radius 3 is 2.21 bits per heavy atom. The Bertz CT molecular complexity index is 264. The smallest absolute Gasteiger partial charge is 0.0943 e. The fraction of sp³-hybridized carbons (Fsp3) is 0.727. The van der Waals surface area contributed by atoms with Crippen molar-refractivity contribution in [2.24, 2.45) is 5.73 Å². The molecular formula is C11H20N2S. The molecule has 0 aliphatic rings. The van der Waals surface area contributed by atoms with Crippen LogP contribution in [0.5, 0.6) is 0 Å². The summed E-state index contributed by atoms with van der Waals surface area (Å²) in [6.45, 7) is 9.56. The van der Waals surface area contributed by atoms with Crippen LogP contribution in [0.3, 0.4) is 0 Å². The first-order valence-electron chi connectivity index (χ1n) is 5.25. The van der Waals surface area contributed by atoms with E-state index in [4.69, 9.17) is 5.73 Å². The second kappa shape index (κ2) is 4.89. The lowest BCUT2D eigenvalue weighted by Crippen LogP contribution is -2.02. The average Bonchev–Trinajstić information content (AvgIpc) is 2.49. The summed E-state index contributed by atoms with van der Waals surface area (Å²) in [5, 5.41) is 1.19. The van der Waals surface area contributed by atoms with E-state index in [0.717, 1.165) is 6.42 Å². The lowest BCUT2D eigenvalue weighted by molar-refractivity contribution is 0.773. The van der Waals surface area contributed by atoms with Crippen LogP contribution in [-0.2, 0) is 6.42 Å². The van der Waals surface area contributed by atoms with Crippen LogP contribution in [-0.4, -0.2) is 11.5 Å². The van der Waals surface area contributed by atoms with Crippen LogP contribution in [0.1, 0.15) is 55.1 Å². The number of thiazole rings is 1. The zero-order valence-corrected chi connectivity index (χ0v) is 10.3. The molecule has 0 atom stereocenters. The summed E-state index contributed by atoms with van der Waals surface area (Å²) in [5.41, 5.74) is 6.81. The lowest BCUT2D eigenvalue weighted by Gasteiger charge is -2.07. The molecule has 0 aromatic carbocycles. The number of rotatable bonds is 4. The van der Waals surface area contributed by atoms with E-state index in [1.807, 2.05) is 11.3 Å². The average molecular weight is 212 g/mol. The Hall–Kier alpha value is -0.410. The zero-order valence-electron chi connectivity index (χ0n) is 9.50. The summed E-state index contributed by atoms with van der Waals surface area (Å²) in [7, 11) is 0. The molecule has 1 rings (SSSR count). The number of nitrogens with zero attached hydrogens (tertiary/aromatic N) is 1. The minimum Gasteiger partial charge on any atom is -0.330 e. The second-order valence-corrected chi connectivity index (χ2v) is 5.32. The quantitative estimate of drug-likeness (QED) is 0.833. The maximum Gasteiger partial charge on any atom is 0.0943 e. The van der Waals surface area contributed by atoms with Crippen LogP contribution in [0.25, 0.3) is 0 Å². The molecule has 0 saturated carbocycles. The van der Waals surface area contributed by atoms with Crippen molar-refractivity contribution >= 4 is 11.3 Å². The van der Waals surface area contributed by atoms with E-state index in [0.29, 0.717) is 18.4 Å². The van der Waals surface area contributed by atoms with Crippen LogP contribution in [0, 0.1) is 0 Å². The molecule has 2 N–H and O–H groups in total. The molecule has 14 heavy (non-hydrogen) atoms. The van der Waals surface area contributed by atoms with Gasteiger partial charge in [0.15, 0.2) is 0 Å². The van der Waals surface area contributed by atoms with E-state index in [1.165, 1.54) is 15.6 Å². The van der Waals surface area contributed by atoms with Crippen molar-refractivity contribution in [3.63, 3.8) is 0 Å². The molecule has 2 nitrogen and oxygen atoms in total. The van der Waals surface area contributed by atoms with Crippen molar-refractivity contribution in [2.75, 3.05) is 6.54 Å². The molecule has 0 bridgehead atoms. The van der Waals surface area contributed by atoms with Crippen molar-refractivity contribution < 1.29 is 0 Å². The van der Waals surface area contributed by atoms with Crippen molar-refractivity contribution in [3.8, 4) is 0 Å². The summed E-state index contributed by atoms with van der Waals surface area (Å²) >= 11 is 1.83. The highest BCUT2D eigenvalue weighted by atomic mass is 32.1. The molecule has 80 valence electrons. The number of hydrogen-bond acceptors (Lipinski definition) is 3. The minimum atomic E-state index is 0.523. The van der Waals surface area contributed by atoms with Gasteiger partial charge in [-0.2, -0.15) is 0 Å². The summed E-state index contributed by atoms with van der Waals surface area (Å²) < 4.78 is 0. The predicted molar refractivity (Wildman–Crippen MR) is 63.1 cm³/mol. The fourth-order valence-electron chi connectivity index (χ4n) is 1.45. The van der Waals surface area contributed by atoms with Crippen LogP contribution in [0.15, 0.2) is 0 Å². The molecule has 3 heteroatoms. The van der Waals surface area contributed by atoms with Gasteiger partial charge in [0.2, 0.25) is 0 Å². The van der Waals surface area contributed by atoms with Crippen molar-refractivity contribution in [1.82, 2.24) is 4.98 Å². The maximum absolute atomic E-state index is 5.54. The third-order valence-corrected chi connectivity index (χ3v) is 3.59. The highest BCUT2D eigenvalue weighted by molar-refractivity contribution is 7.11. The van der Waals surface area contributed by atoms with Gasteiger partial charge in [0.05, 0.1) is 10.7 Å². The van der Waals surface area contributed by atoms with Gasteiger partial charge in [0.25, 0.3) is 0 Å². The van der Waals surface area contributed by atoms with Gasteiger partial charge in [-0.15, -0.1) is 11.3 Å². The molecule has 0 spiro atoms. The minimum absolute atomic E-state index is 0.523. The van der Waals surface area contributed by atoms with Gasteiger partial charge in [-0.3, -0.25) is 0 Å². The topological polar surface area (TPSA) is 38.9 Å². The van der Waals surface area contributed by atoms with Crippen LogP contribution >= 0.6 is 11.3 Å². The molecule has 0 amide bonds. The Kier molecular flexibility index (Phi) is 4.08. The molecule has 0 radical (unpaired) electrons. The summed E-state index contributed by atoms with van der Waals surface area (Å²) in [6.07, 6.45) is 0.914. The fourth-order valence-corrected chi connectivity index (χ4v) is 2.69. The highest BCUT2D eigenvalue weighted by Crippen LogP contribution is 2.31. The Balaban J connectivity index is 3.00. The third-order valence-electron chi connectivity index (χ3n) is 2.15. The molecule has 0 fully saturated rings. The normalized spacial score (nSPS) is 11.6. The first kappa shape index (κ1) is 11.7. The molecule has 0 aliphatic heterocycles.